The van der Waals surface area contributed by atoms with Gasteiger partial charge in [-0.25, -0.2) is 0 Å². The van der Waals surface area contributed by atoms with Crippen molar-refractivity contribution < 1.29 is 9.90 Å². The number of halogens is 2. The highest BCUT2D eigenvalue weighted by molar-refractivity contribution is 6.35. The molecule has 1 unspecified atom stereocenters. The fourth-order valence-corrected chi connectivity index (χ4v) is 2.87. The summed E-state index contributed by atoms with van der Waals surface area (Å²) in [7, 11) is 0. The van der Waals surface area contributed by atoms with E-state index in [0.717, 1.165) is 12.0 Å². The molecule has 3 nitrogen and oxygen atoms in total. The summed E-state index contributed by atoms with van der Waals surface area (Å²) < 4.78 is 0. The molecule has 0 aliphatic rings. The van der Waals surface area contributed by atoms with Gasteiger partial charge in [-0.05, 0) is 36.1 Å². The van der Waals surface area contributed by atoms with Crippen LogP contribution in [0.1, 0.15) is 24.0 Å². The Bertz CT molecular complexity index is 647. The van der Waals surface area contributed by atoms with Crippen LogP contribution in [0.5, 0.6) is 0 Å². The predicted octanol–water partition coefficient (Wildman–Crippen LogP) is 4.56. The second-order valence-corrected chi connectivity index (χ2v) is 6.28. The summed E-state index contributed by atoms with van der Waals surface area (Å²) in [4.78, 5) is 10.9. The number of hydrogen-bond acceptors (Lipinski definition) is 2. The molecule has 0 bridgehead atoms. The van der Waals surface area contributed by atoms with Crippen molar-refractivity contribution in [3.8, 4) is 0 Å². The Hall–Kier alpha value is -1.55. The standard InChI is InChI=1S/C18H19Cl2NO2/c19-15-7-6-14(17(20)11-15)12-21-16(8-9-18(22)23)10-13-4-2-1-3-5-13/h1-7,11,16,21H,8-10,12H2,(H,22,23). The Balaban J connectivity index is 2.00. The van der Waals surface area contributed by atoms with Crippen molar-refractivity contribution in [3.63, 3.8) is 0 Å². The number of benzene rings is 2. The Morgan fingerprint density at radius 2 is 1.87 bits per heavy atom. The van der Waals surface area contributed by atoms with Gasteiger partial charge < -0.3 is 10.4 Å². The van der Waals surface area contributed by atoms with Crippen LogP contribution in [-0.2, 0) is 17.8 Å². The van der Waals surface area contributed by atoms with Crippen LogP contribution in [0.25, 0.3) is 0 Å². The fraction of sp³-hybridized carbons (Fsp3) is 0.278. The smallest absolute Gasteiger partial charge is 0.303 e. The zero-order valence-corrected chi connectivity index (χ0v) is 14.1. The quantitative estimate of drug-likeness (QED) is 0.732. The van der Waals surface area contributed by atoms with Gasteiger partial charge in [0.2, 0.25) is 0 Å². The van der Waals surface area contributed by atoms with Gasteiger partial charge in [0, 0.05) is 29.1 Å². The Morgan fingerprint density at radius 3 is 2.52 bits per heavy atom. The van der Waals surface area contributed by atoms with Gasteiger partial charge in [0.05, 0.1) is 0 Å². The first kappa shape index (κ1) is 17.8. The molecule has 0 radical (unpaired) electrons. The summed E-state index contributed by atoms with van der Waals surface area (Å²) >= 11 is 12.1. The van der Waals surface area contributed by atoms with Crippen LogP contribution >= 0.6 is 23.2 Å². The summed E-state index contributed by atoms with van der Waals surface area (Å²) in [6.07, 6.45) is 1.48. The summed E-state index contributed by atoms with van der Waals surface area (Å²) in [5.41, 5.74) is 2.13. The predicted molar refractivity (Wildman–Crippen MR) is 94.1 cm³/mol. The maximum Gasteiger partial charge on any atom is 0.303 e. The molecule has 0 heterocycles. The second-order valence-electron chi connectivity index (χ2n) is 5.44. The molecule has 2 aromatic rings. The van der Waals surface area contributed by atoms with Crippen molar-refractivity contribution >= 4 is 29.2 Å². The lowest BCUT2D eigenvalue weighted by atomic mass is 10.0. The van der Waals surface area contributed by atoms with Gasteiger partial charge >= 0.3 is 5.97 Å². The lowest BCUT2D eigenvalue weighted by molar-refractivity contribution is -0.137. The zero-order chi connectivity index (χ0) is 16.7. The van der Waals surface area contributed by atoms with Gasteiger partial charge in [-0.2, -0.15) is 0 Å². The Kier molecular flexibility index (Phi) is 6.90. The first-order chi connectivity index (χ1) is 11.0. The first-order valence-corrected chi connectivity index (χ1v) is 8.23. The Morgan fingerprint density at radius 1 is 1.13 bits per heavy atom. The van der Waals surface area contributed by atoms with Crippen LogP contribution in [-0.4, -0.2) is 17.1 Å². The highest BCUT2D eigenvalue weighted by Gasteiger charge is 2.12. The van der Waals surface area contributed by atoms with E-state index < -0.39 is 5.97 Å². The average Bonchev–Trinajstić information content (AvgIpc) is 2.52. The normalized spacial score (nSPS) is 12.1. The molecule has 2 aromatic carbocycles. The topological polar surface area (TPSA) is 49.3 Å². The number of nitrogens with one attached hydrogen (secondary N) is 1. The molecule has 0 aliphatic carbocycles. The summed E-state index contributed by atoms with van der Waals surface area (Å²) in [5, 5.41) is 13.5. The molecule has 122 valence electrons. The fourth-order valence-electron chi connectivity index (χ4n) is 2.39. The van der Waals surface area contributed by atoms with Crippen LogP contribution in [0.15, 0.2) is 48.5 Å². The van der Waals surface area contributed by atoms with Crippen LogP contribution in [0.4, 0.5) is 0 Å². The molecule has 1 atom stereocenters. The van der Waals surface area contributed by atoms with Crippen LogP contribution in [0.3, 0.4) is 0 Å². The lowest BCUT2D eigenvalue weighted by Crippen LogP contribution is -2.31. The average molecular weight is 352 g/mol. The van der Waals surface area contributed by atoms with E-state index in [1.165, 1.54) is 5.56 Å². The SMILES string of the molecule is O=C(O)CCC(Cc1ccccc1)NCc1ccc(Cl)cc1Cl. The van der Waals surface area contributed by atoms with Crippen LogP contribution in [0, 0.1) is 0 Å². The van der Waals surface area contributed by atoms with E-state index in [2.05, 4.69) is 5.32 Å². The number of carbonyl (C=O) groups is 1. The van der Waals surface area contributed by atoms with E-state index in [1.54, 1.807) is 12.1 Å². The maximum atomic E-state index is 10.9. The molecule has 0 amide bonds. The molecule has 0 fully saturated rings. The van der Waals surface area contributed by atoms with Gasteiger partial charge in [-0.1, -0.05) is 59.6 Å². The molecule has 0 spiro atoms. The molecule has 0 saturated heterocycles. The number of hydrogen-bond donors (Lipinski definition) is 2. The van der Waals surface area contributed by atoms with Crippen molar-refractivity contribution in [3.05, 3.63) is 69.7 Å². The monoisotopic (exact) mass is 351 g/mol. The van der Waals surface area contributed by atoms with Gasteiger partial charge in [-0.3, -0.25) is 4.79 Å². The minimum absolute atomic E-state index is 0.0697. The van der Waals surface area contributed by atoms with Crippen LogP contribution < -0.4 is 5.32 Å². The third-order valence-electron chi connectivity index (χ3n) is 3.63. The Labute approximate surface area is 146 Å². The third-order valence-corrected chi connectivity index (χ3v) is 4.21. The van der Waals surface area contributed by atoms with E-state index >= 15 is 0 Å². The second kappa shape index (κ2) is 8.92. The van der Waals surface area contributed by atoms with Crippen molar-refractivity contribution in [2.75, 3.05) is 0 Å². The summed E-state index contributed by atoms with van der Waals surface area (Å²) in [6.45, 7) is 0.577. The minimum atomic E-state index is -0.783. The molecule has 0 aromatic heterocycles. The molecular formula is C18H19Cl2NO2. The van der Waals surface area contributed by atoms with Crippen molar-refractivity contribution in [1.29, 1.82) is 0 Å². The van der Waals surface area contributed by atoms with Gasteiger partial charge in [-0.15, -0.1) is 0 Å². The highest BCUT2D eigenvalue weighted by atomic mass is 35.5. The molecule has 0 aliphatic heterocycles. The molecular weight excluding hydrogens is 333 g/mol. The minimum Gasteiger partial charge on any atom is -0.481 e. The highest BCUT2D eigenvalue weighted by Crippen LogP contribution is 2.21. The van der Waals surface area contributed by atoms with Crippen molar-refractivity contribution in [1.82, 2.24) is 5.32 Å². The molecule has 2 rings (SSSR count). The number of carboxylic acids is 1. The summed E-state index contributed by atoms with van der Waals surface area (Å²) in [6, 6.07) is 15.5. The molecule has 5 heteroatoms. The van der Waals surface area contributed by atoms with Gasteiger partial charge in [0.1, 0.15) is 0 Å². The number of rotatable bonds is 8. The zero-order valence-electron chi connectivity index (χ0n) is 12.6. The van der Waals surface area contributed by atoms with Crippen LogP contribution in [0.2, 0.25) is 10.0 Å². The van der Waals surface area contributed by atoms with E-state index in [0.29, 0.717) is 23.0 Å². The largest absolute Gasteiger partial charge is 0.481 e. The first-order valence-electron chi connectivity index (χ1n) is 7.47. The summed E-state index contributed by atoms with van der Waals surface area (Å²) in [5.74, 6) is -0.783. The van der Waals surface area contributed by atoms with E-state index in [1.807, 2.05) is 36.4 Å². The van der Waals surface area contributed by atoms with E-state index in [-0.39, 0.29) is 12.5 Å². The van der Waals surface area contributed by atoms with Gasteiger partial charge in [0.25, 0.3) is 0 Å². The molecule has 2 N–H and O–H groups in total. The number of aliphatic carboxylic acids is 1. The molecule has 0 saturated carbocycles. The van der Waals surface area contributed by atoms with E-state index in [9.17, 15) is 4.79 Å². The van der Waals surface area contributed by atoms with E-state index in [4.69, 9.17) is 28.3 Å². The number of carboxylic acid groups (broad SMARTS) is 1. The molecule has 23 heavy (non-hydrogen) atoms. The van der Waals surface area contributed by atoms with Crippen molar-refractivity contribution in [2.45, 2.75) is 31.8 Å². The van der Waals surface area contributed by atoms with Gasteiger partial charge in [0.15, 0.2) is 0 Å². The van der Waals surface area contributed by atoms with Crippen molar-refractivity contribution in [2.24, 2.45) is 0 Å². The maximum absolute atomic E-state index is 10.9. The third kappa shape index (κ3) is 6.22. The lowest BCUT2D eigenvalue weighted by Gasteiger charge is -2.19.